The molecule has 0 amide bonds. The van der Waals surface area contributed by atoms with Gasteiger partial charge >= 0.3 is 5.97 Å². The molecule has 18 heavy (non-hydrogen) atoms. The monoisotopic (exact) mass is 257 g/mol. The van der Waals surface area contributed by atoms with Crippen molar-refractivity contribution >= 4 is 5.97 Å². The first-order valence-electron chi connectivity index (χ1n) is 6.84. The van der Waals surface area contributed by atoms with Crippen LogP contribution in [0.25, 0.3) is 0 Å². The van der Waals surface area contributed by atoms with E-state index >= 15 is 0 Å². The lowest BCUT2D eigenvalue weighted by Gasteiger charge is -2.40. The number of carbonyl (C=O) groups is 1. The van der Waals surface area contributed by atoms with Crippen molar-refractivity contribution in [3.05, 3.63) is 0 Å². The Morgan fingerprint density at radius 1 is 1.17 bits per heavy atom. The van der Waals surface area contributed by atoms with Crippen molar-refractivity contribution in [2.75, 3.05) is 19.6 Å². The molecule has 0 bridgehead atoms. The Hall–Kier alpha value is -0.650. The molecule has 1 saturated carbocycles. The molecule has 2 aliphatic rings. The maximum Gasteiger partial charge on any atom is 0.306 e. The second-order valence-electron chi connectivity index (χ2n) is 5.84. The summed E-state index contributed by atoms with van der Waals surface area (Å²) in [6.45, 7) is 2.27. The van der Waals surface area contributed by atoms with E-state index in [9.17, 15) is 15.0 Å². The van der Waals surface area contributed by atoms with Gasteiger partial charge in [0, 0.05) is 19.6 Å². The van der Waals surface area contributed by atoms with Gasteiger partial charge in [0.15, 0.2) is 0 Å². The van der Waals surface area contributed by atoms with Crippen LogP contribution in [-0.4, -0.2) is 57.5 Å². The van der Waals surface area contributed by atoms with Crippen LogP contribution in [0.2, 0.25) is 0 Å². The Balaban J connectivity index is 1.80. The number of likely N-dealkylation sites (tertiary alicyclic amines) is 1. The summed E-state index contributed by atoms with van der Waals surface area (Å²) >= 11 is 0. The molecule has 0 spiro atoms. The van der Waals surface area contributed by atoms with E-state index in [0.29, 0.717) is 32.2 Å². The first-order valence-corrected chi connectivity index (χ1v) is 6.84. The van der Waals surface area contributed by atoms with Crippen LogP contribution < -0.4 is 0 Å². The Kier molecular flexibility index (Phi) is 4.25. The summed E-state index contributed by atoms with van der Waals surface area (Å²) < 4.78 is 0. The molecule has 0 unspecified atom stereocenters. The second-order valence-corrected chi connectivity index (χ2v) is 5.84. The van der Waals surface area contributed by atoms with Crippen molar-refractivity contribution in [3.8, 4) is 0 Å². The number of hydrogen-bond donors (Lipinski definition) is 3. The van der Waals surface area contributed by atoms with E-state index in [0.717, 1.165) is 25.9 Å². The number of carboxylic acid groups (broad SMARTS) is 1. The van der Waals surface area contributed by atoms with E-state index in [4.69, 9.17) is 5.11 Å². The lowest BCUT2D eigenvalue weighted by molar-refractivity contribution is -0.145. The fraction of sp³-hybridized carbons (Fsp3) is 0.923. The lowest BCUT2D eigenvalue weighted by atomic mass is 9.78. The summed E-state index contributed by atoms with van der Waals surface area (Å²) in [4.78, 5) is 13.1. The summed E-state index contributed by atoms with van der Waals surface area (Å²) in [6.07, 6.45) is 3.64. The molecule has 1 aliphatic heterocycles. The van der Waals surface area contributed by atoms with E-state index in [1.54, 1.807) is 0 Å². The number of aliphatic hydroxyl groups excluding tert-OH is 1. The summed E-state index contributed by atoms with van der Waals surface area (Å²) in [7, 11) is 0. The third kappa shape index (κ3) is 3.43. The van der Waals surface area contributed by atoms with Crippen LogP contribution in [0.4, 0.5) is 0 Å². The fourth-order valence-electron chi connectivity index (χ4n) is 3.05. The smallest absolute Gasteiger partial charge is 0.306 e. The summed E-state index contributed by atoms with van der Waals surface area (Å²) in [5, 5.41) is 28.9. The Bertz CT molecular complexity index is 291. The van der Waals surface area contributed by atoms with Crippen LogP contribution in [0.15, 0.2) is 0 Å². The van der Waals surface area contributed by atoms with Crippen LogP contribution in [0.5, 0.6) is 0 Å². The second kappa shape index (κ2) is 5.55. The summed E-state index contributed by atoms with van der Waals surface area (Å²) in [5.74, 6) is -1.02. The van der Waals surface area contributed by atoms with Gasteiger partial charge in [-0.05, 0) is 38.5 Å². The van der Waals surface area contributed by atoms with Gasteiger partial charge in [-0.15, -0.1) is 0 Å². The molecule has 1 aliphatic carbocycles. The Morgan fingerprint density at radius 3 is 2.22 bits per heavy atom. The number of rotatable bonds is 3. The van der Waals surface area contributed by atoms with Gasteiger partial charge in [-0.1, -0.05) is 0 Å². The predicted octanol–water partition coefficient (Wildman–Crippen LogP) is 0.449. The van der Waals surface area contributed by atoms with E-state index < -0.39 is 11.6 Å². The van der Waals surface area contributed by atoms with Gasteiger partial charge in [0.2, 0.25) is 0 Å². The minimum Gasteiger partial charge on any atom is -0.481 e. The van der Waals surface area contributed by atoms with Crippen molar-refractivity contribution in [1.82, 2.24) is 4.90 Å². The topological polar surface area (TPSA) is 81.0 Å². The zero-order chi connectivity index (χ0) is 13.2. The predicted molar refractivity (Wildman–Crippen MR) is 66.2 cm³/mol. The van der Waals surface area contributed by atoms with Gasteiger partial charge < -0.3 is 20.2 Å². The highest BCUT2D eigenvalue weighted by atomic mass is 16.4. The average molecular weight is 257 g/mol. The van der Waals surface area contributed by atoms with Gasteiger partial charge in [0.25, 0.3) is 0 Å². The number of aliphatic carboxylic acids is 1. The van der Waals surface area contributed by atoms with Gasteiger partial charge in [0.05, 0.1) is 17.6 Å². The quantitative estimate of drug-likeness (QED) is 0.684. The molecule has 3 N–H and O–H groups in total. The largest absolute Gasteiger partial charge is 0.481 e. The molecular formula is C13H23NO4. The number of aliphatic hydroxyl groups is 2. The maximum absolute atomic E-state index is 10.9. The fourth-order valence-corrected chi connectivity index (χ4v) is 3.05. The molecule has 0 aromatic rings. The van der Waals surface area contributed by atoms with Crippen molar-refractivity contribution in [2.24, 2.45) is 5.92 Å². The Morgan fingerprint density at radius 2 is 1.72 bits per heavy atom. The molecule has 2 rings (SSSR count). The SMILES string of the molecule is O=C(O)C1CCC(O)(CN2CCC(O)CC2)CC1. The summed E-state index contributed by atoms with van der Waals surface area (Å²) in [6, 6.07) is 0. The molecule has 0 atom stereocenters. The van der Waals surface area contributed by atoms with E-state index in [1.165, 1.54) is 0 Å². The third-order valence-corrected chi connectivity index (χ3v) is 4.34. The maximum atomic E-state index is 10.9. The van der Waals surface area contributed by atoms with Crippen LogP contribution in [-0.2, 0) is 4.79 Å². The Labute approximate surface area is 107 Å². The normalized spacial score (nSPS) is 35.6. The molecule has 1 heterocycles. The lowest BCUT2D eigenvalue weighted by Crippen LogP contribution is -2.49. The van der Waals surface area contributed by atoms with Crippen molar-refractivity contribution in [1.29, 1.82) is 0 Å². The van der Waals surface area contributed by atoms with E-state index in [1.807, 2.05) is 0 Å². The molecule has 2 fully saturated rings. The van der Waals surface area contributed by atoms with Crippen molar-refractivity contribution in [2.45, 2.75) is 50.2 Å². The zero-order valence-corrected chi connectivity index (χ0v) is 10.7. The molecule has 5 nitrogen and oxygen atoms in total. The molecule has 0 radical (unpaired) electrons. The van der Waals surface area contributed by atoms with Gasteiger partial charge in [0.1, 0.15) is 0 Å². The van der Waals surface area contributed by atoms with E-state index in [2.05, 4.69) is 4.90 Å². The first-order chi connectivity index (χ1) is 8.48. The molecule has 1 saturated heterocycles. The summed E-state index contributed by atoms with van der Waals surface area (Å²) in [5.41, 5.74) is -0.728. The number of piperidine rings is 1. The number of carboxylic acids is 1. The van der Waals surface area contributed by atoms with Crippen molar-refractivity contribution < 1.29 is 20.1 Å². The van der Waals surface area contributed by atoms with E-state index in [-0.39, 0.29) is 12.0 Å². The molecule has 5 heteroatoms. The minimum atomic E-state index is -0.738. The highest BCUT2D eigenvalue weighted by Crippen LogP contribution is 2.33. The van der Waals surface area contributed by atoms with Gasteiger partial charge in [-0.2, -0.15) is 0 Å². The highest BCUT2D eigenvalue weighted by molar-refractivity contribution is 5.70. The highest BCUT2D eigenvalue weighted by Gasteiger charge is 2.37. The first kappa shape index (κ1) is 13.8. The number of hydrogen-bond acceptors (Lipinski definition) is 4. The standard InChI is InChI=1S/C13H23NO4/c15-11-3-7-14(8-4-11)9-13(18)5-1-10(2-6-13)12(16)17/h10-11,15,18H,1-9H2,(H,16,17). The third-order valence-electron chi connectivity index (χ3n) is 4.34. The number of nitrogens with zero attached hydrogens (tertiary/aromatic N) is 1. The van der Waals surface area contributed by atoms with Gasteiger partial charge in [-0.25, -0.2) is 0 Å². The van der Waals surface area contributed by atoms with Crippen molar-refractivity contribution in [3.63, 3.8) is 0 Å². The van der Waals surface area contributed by atoms with Crippen LogP contribution >= 0.6 is 0 Å². The van der Waals surface area contributed by atoms with Gasteiger partial charge in [-0.3, -0.25) is 4.79 Å². The van der Waals surface area contributed by atoms with Crippen LogP contribution in [0.1, 0.15) is 38.5 Å². The molecule has 0 aromatic heterocycles. The zero-order valence-electron chi connectivity index (χ0n) is 10.7. The molecular weight excluding hydrogens is 234 g/mol. The van der Waals surface area contributed by atoms with Crippen LogP contribution in [0, 0.1) is 5.92 Å². The number of β-amino-alcohol motifs (C(OH)–C–C–N with tert-alkyl or cyclic N) is 1. The average Bonchev–Trinajstić information content (AvgIpc) is 2.32. The molecule has 104 valence electrons. The minimum absolute atomic E-state index is 0.196. The molecule has 0 aromatic carbocycles. The van der Waals surface area contributed by atoms with Crippen LogP contribution in [0.3, 0.4) is 0 Å².